The van der Waals surface area contributed by atoms with Gasteiger partial charge in [-0.15, -0.1) is 0 Å². The lowest BCUT2D eigenvalue weighted by Gasteiger charge is -2.23. The summed E-state index contributed by atoms with van der Waals surface area (Å²) in [5.41, 5.74) is 3.13. The quantitative estimate of drug-likeness (QED) is 0.793. The molecular weight excluding hydrogens is 370 g/mol. The number of benzene rings is 2. The number of amides is 1. The SMILES string of the molecule is COc1ccc(CC(=O)N2c3ccc(Br)cc3C[C@H]2C)cc1OC. The van der Waals surface area contributed by atoms with E-state index in [0.29, 0.717) is 17.9 Å². The van der Waals surface area contributed by atoms with Crippen molar-refractivity contribution in [1.82, 2.24) is 0 Å². The molecule has 4 nitrogen and oxygen atoms in total. The standard InChI is InChI=1S/C19H20BrNO3/c1-12-8-14-11-15(20)5-6-16(14)21(12)19(22)10-13-4-7-17(23-2)18(9-13)24-3/h4-7,9,11-12H,8,10H2,1-3H3/t12-/m1/s1. The highest BCUT2D eigenvalue weighted by Gasteiger charge is 2.30. The minimum atomic E-state index is 0.0933. The maximum absolute atomic E-state index is 12.9. The third-order valence-corrected chi connectivity index (χ3v) is 4.82. The summed E-state index contributed by atoms with van der Waals surface area (Å²) in [5, 5.41) is 0. The molecule has 0 spiro atoms. The van der Waals surface area contributed by atoms with Gasteiger partial charge in [0.15, 0.2) is 11.5 Å². The van der Waals surface area contributed by atoms with E-state index in [2.05, 4.69) is 28.9 Å². The molecule has 0 fully saturated rings. The van der Waals surface area contributed by atoms with E-state index >= 15 is 0 Å². The zero-order valence-corrected chi connectivity index (χ0v) is 15.6. The number of nitrogens with zero attached hydrogens (tertiary/aromatic N) is 1. The third-order valence-electron chi connectivity index (χ3n) is 4.33. The molecule has 0 bridgehead atoms. The van der Waals surface area contributed by atoms with Crippen molar-refractivity contribution >= 4 is 27.5 Å². The molecule has 0 aromatic heterocycles. The summed E-state index contributed by atoms with van der Waals surface area (Å²) in [6.45, 7) is 2.08. The number of hydrogen-bond acceptors (Lipinski definition) is 3. The van der Waals surface area contributed by atoms with E-state index < -0.39 is 0 Å². The van der Waals surface area contributed by atoms with Crippen LogP contribution in [0.2, 0.25) is 0 Å². The number of carbonyl (C=O) groups excluding carboxylic acids is 1. The smallest absolute Gasteiger partial charge is 0.231 e. The van der Waals surface area contributed by atoms with Gasteiger partial charge in [-0.1, -0.05) is 22.0 Å². The number of halogens is 1. The molecule has 0 unspecified atom stereocenters. The Bertz CT molecular complexity index is 775. The minimum Gasteiger partial charge on any atom is -0.493 e. The van der Waals surface area contributed by atoms with Crippen LogP contribution in [0.4, 0.5) is 5.69 Å². The highest BCUT2D eigenvalue weighted by molar-refractivity contribution is 9.10. The summed E-state index contributed by atoms with van der Waals surface area (Å²) in [7, 11) is 3.20. The minimum absolute atomic E-state index is 0.0933. The van der Waals surface area contributed by atoms with Crippen LogP contribution in [0.15, 0.2) is 40.9 Å². The Hall–Kier alpha value is -2.01. The van der Waals surface area contributed by atoms with Crippen molar-refractivity contribution in [3.63, 3.8) is 0 Å². The molecule has 0 N–H and O–H groups in total. The molecule has 0 saturated carbocycles. The number of anilines is 1. The summed E-state index contributed by atoms with van der Waals surface area (Å²) >= 11 is 3.50. The van der Waals surface area contributed by atoms with Crippen LogP contribution in [-0.2, 0) is 17.6 Å². The van der Waals surface area contributed by atoms with Gasteiger partial charge in [0.2, 0.25) is 5.91 Å². The lowest BCUT2D eigenvalue weighted by atomic mass is 10.1. The summed E-state index contributed by atoms with van der Waals surface area (Å²) in [4.78, 5) is 14.8. The fourth-order valence-corrected chi connectivity index (χ4v) is 3.64. The highest BCUT2D eigenvalue weighted by atomic mass is 79.9. The van der Waals surface area contributed by atoms with Crippen molar-refractivity contribution < 1.29 is 14.3 Å². The fraction of sp³-hybridized carbons (Fsp3) is 0.316. The van der Waals surface area contributed by atoms with Gasteiger partial charge >= 0.3 is 0 Å². The Morgan fingerprint density at radius 1 is 1.17 bits per heavy atom. The van der Waals surface area contributed by atoms with E-state index in [-0.39, 0.29) is 11.9 Å². The molecule has 3 rings (SSSR count). The number of ether oxygens (including phenoxy) is 2. The average Bonchev–Trinajstić information content (AvgIpc) is 2.89. The van der Waals surface area contributed by atoms with E-state index in [4.69, 9.17) is 9.47 Å². The Morgan fingerprint density at radius 3 is 2.62 bits per heavy atom. The van der Waals surface area contributed by atoms with Crippen LogP contribution in [0, 0.1) is 0 Å². The first-order valence-corrected chi connectivity index (χ1v) is 8.64. The molecular formula is C19H20BrNO3. The maximum Gasteiger partial charge on any atom is 0.231 e. The second-order valence-corrected chi connectivity index (χ2v) is 6.87. The lowest BCUT2D eigenvalue weighted by Crippen LogP contribution is -2.36. The molecule has 1 atom stereocenters. The normalized spacial score (nSPS) is 16.0. The van der Waals surface area contributed by atoms with Crippen molar-refractivity contribution in [2.75, 3.05) is 19.1 Å². The number of carbonyl (C=O) groups is 1. The summed E-state index contributed by atoms with van der Waals surface area (Å²) in [5.74, 6) is 1.40. The molecule has 1 heterocycles. The van der Waals surface area contributed by atoms with E-state index in [9.17, 15) is 4.79 Å². The maximum atomic E-state index is 12.9. The molecule has 126 valence electrons. The zero-order chi connectivity index (χ0) is 17.3. The van der Waals surface area contributed by atoms with Crippen molar-refractivity contribution in [3.05, 3.63) is 52.0 Å². The topological polar surface area (TPSA) is 38.8 Å². The van der Waals surface area contributed by atoms with Crippen LogP contribution < -0.4 is 14.4 Å². The fourth-order valence-electron chi connectivity index (χ4n) is 3.23. The van der Waals surface area contributed by atoms with Gasteiger partial charge in [0.05, 0.1) is 20.6 Å². The predicted octanol–water partition coefficient (Wildman–Crippen LogP) is 3.99. The van der Waals surface area contributed by atoms with Crippen molar-refractivity contribution in [2.24, 2.45) is 0 Å². The van der Waals surface area contributed by atoms with Gasteiger partial charge in [-0.05, 0) is 54.8 Å². The first-order chi connectivity index (χ1) is 11.5. The van der Waals surface area contributed by atoms with E-state index in [1.807, 2.05) is 35.2 Å². The lowest BCUT2D eigenvalue weighted by molar-refractivity contribution is -0.118. The predicted molar refractivity (Wildman–Crippen MR) is 98.0 cm³/mol. The summed E-state index contributed by atoms with van der Waals surface area (Å²) < 4.78 is 11.6. The van der Waals surface area contributed by atoms with Gasteiger partial charge in [0.1, 0.15) is 0 Å². The van der Waals surface area contributed by atoms with E-state index in [0.717, 1.165) is 22.1 Å². The number of hydrogen-bond donors (Lipinski definition) is 0. The molecule has 2 aromatic rings. The van der Waals surface area contributed by atoms with Gasteiger partial charge in [-0.25, -0.2) is 0 Å². The average molecular weight is 390 g/mol. The van der Waals surface area contributed by atoms with Crippen molar-refractivity contribution in [2.45, 2.75) is 25.8 Å². The molecule has 2 aromatic carbocycles. The monoisotopic (exact) mass is 389 g/mol. The molecule has 0 saturated heterocycles. The Kier molecular flexibility index (Phi) is 4.81. The second kappa shape index (κ2) is 6.85. The molecule has 0 aliphatic carbocycles. The summed E-state index contributed by atoms with van der Waals surface area (Å²) in [6, 6.07) is 11.8. The Labute approximate surface area is 150 Å². The largest absolute Gasteiger partial charge is 0.493 e. The molecule has 24 heavy (non-hydrogen) atoms. The van der Waals surface area contributed by atoms with E-state index in [1.165, 1.54) is 5.56 Å². The van der Waals surface area contributed by atoms with Crippen LogP contribution in [0.3, 0.4) is 0 Å². The second-order valence-electron chi connectivity index (χ2n) is 5.96. The first kappa shape index (κ1) is 16.8. The zero-order valence-electron chi connectivity index (χ0n) is 14.0. The van der Waals surface area contributed by atoms with Crippen LogP contribution in [0.5, 0.6) is 11.5 Å². The number of methoxy groups -OCH3 is 2. The van der Waals surface area contributed by atoms with Crippen molar-refractivity contribution in [1.29, 1.82) is 0 Å². The number of rotatable bonds is 4. The molecule has 5 heteroatoms. The van der Waals surface area contributed by atoms with Crippen LogP contribution in [0.25, 0.3) is 0 Å². The molecule has 1 aliphatic heterocycles. The molecule has 1 amide bonds. The van der Waals surface area contributed by atoms with Crippen molar-refractivity contribution in [3.8, 4) is 11.5 Å². The Balaban J connectivity index is 1.83. The van der Waals surface area contributed by atoms with Gasteiger partial charge in [-0.2, -0.15) is 0 Å². The van der Waals surface area contributed by atoms with Crippen LogP contribution in [0.1, 0.15) is 18.1 Å². The third kappa shape index (κ3) is 3.13. The van der Waals surface area contributed by atoms with Gasteiger partial charge in [-0.3, -0.25) is 4.79 Å². The van der Waals surface area contributed by atoms with Crippen LogP contribution in [-0.4, -0.2) is 26.2 Å². The molecule has 0 radical (unpaired) electrons. The van der Waals surface area contributed by atoms with E-state index in [1.54, 1.807) is 14.2 Å². The van der Waals surface area contributed by atoms with Gasteiger partial charge < -0.3 is 14.4 Å². The van der Waals surface area contributed by atoms with Crippen LogP contribution >= 0.6 is 15.9 Å². The van der Waals surface area contributed by atoms with Gasteiger partial charge in [0.25, 0.3) is 0 Å². The Morgan fingerprint density at radius 2 is 1.92 bits per heavy atom. The highest BCUT2D eigenvalue weighted by Crippen LogP contribution is 2.35. The van der Waals surface area contributed by atoms with Gasteiger partial charge in [0, 0.05) is 16.2 Å². The first-order valence-electron chi connectivity index (χ1n) is 7.85. The molecule has 1 aliphatic rings. The number of fused-ring (bicyclic) bond motifs is 1. The summed E-state index contributed by atoms with van der Waals surface area (Å²) in [6.07, 6.45) is 1.21.